The summed E-state index contributed by atoms with van der Waals surface area (Å²) in [5, 5.41) is 0. The number of hydrogen-bond acceptors (Lipinski definition) is 8. The van der Waals surface area contributed by atoms with Crippen molar-refractivity contribution in [2.75, 3.05) is 73.2 Å². The summed E-state index contributed by atoms with van der Waals surface area (Å²) in [6, 6.07) is 15.4. The maximum Gasteiger partial charge on any atom is 0.309 e. The molecular formula is C30H43NO6S. The second-order valence-electron chi connectivity index (χ2n) is 9.53. The highest BCUT2D eigenvalue weighted by Crippen LogP contribution is 2.39. The zero-order chi connectivity index (χ0) is 27.0. The highest BCUT2D eigenvalue weighted by molar-refractivity contribution is 7.99. The van der Waals surface area contributed by atoms with Crippen molar-refractivity contribution in [2.24, 2.45) is 0 Å². The SMILES string of the molecule is COCCOCCOCCOCCC(=O)OCN1CCC(c2ccccc2Sc2ccc(C)cc2C)CC1. The van der Waals surface area contributed by atoms with Crippen LogP contribution in [-0.4, -0.2) is 84.0 Å². The lowest BCUT2D eigenvalue weighted by molar-refractivity contribution is -0.150. The largest absolute Gasteiger partial charge is 0.449 e. The molecule has 1 saturated heterocycles. The minimum Gasteiger partial charge on any atom is -0.449 e. The van der Waals surface area contributed by atoms with E-state index in [0.29, 0.717) is 58.9 Å². The molecule has 1 aliphatic rings. The van der Waals surface area contributed by atoms with Crippen LogP contribution in [0.2, 0.25) is 0 Å². The monoisotopic (exact) mass is 545 g/mol. The van der Waals surface area contributed by atoms with Gasteiger partial charge in [-0.2, -0.15) is 0 Å². The first-order valence-corrected chi connectivity index (χ1v) is 14.3. The van der Waals surface area contributed by atoms with Gasteiger partial charge in [-0.3, -0.25) is 9.69 Å². The number of piperidine rings is 1. The molecule has 0 radical (unpaired) electrons. The topological polar surface area (TPSA) is 66.5 Å². The minimum atomic E-state index is -0.227. The Balaban J connectivity index is 1.29. The lowest BCUT2D eigenvalue weighted by atomic mass is 9.89. The smallest absolute Gasteiger partial charge is 0.309 e. The Kier molecular flexibility index (Phi) is 14.2. The predicted molar refractivity (Wildman–Crippen MR) is 150 cm³/mol. The van der Waals surface area contributed by atoms with Crippen LogP contribution in [0, 0.1) is 13.8 Å². The van der Waals surface area contributed by atoms with Crippen LogP contribution in [0.3, 0.4) is 0 Å². The van der Waals surface area contributed by atoms with Crippen LogP contribution in [-0.2, 0) is 28.5 Å². The summed E-state index contributed by atoms with van der Waals surface area (Å²) in [4.78, 5) is 17.0. The molecule has 0 aliphatic carbocycles. The highest BCUT2D eigenvalue weighted by atomic mass is 32.2. The van der Waals surface area contributed by atoms with Crippen LogP contribution in [0.1, 0.15) is 41.9 Å². The molecule has 1 heterocycles. The molecule has 1 aliphatic heterocycles. The third kappa shape index (κ3) is 11.0. The molecule has 0 atom stereocenters. The predicted octanol–water partition coefficient (Wildman–Crippen LogP) is 5.22. The molecule has 3 rings (SSSR count). The molecule has 8 heteroatoms. The first kappa shape index (κ1) is 30.6. The summed E-state index contributed by atoms with van der Waals surface area (Å²) in [7, 11) is 1.64. The number of esters is 1. The molecular weight excluding hydrogens is 502 g/mol. The van der Waals surface area contributed by atoms with Crippen molar-refractivity contribution in [2.45, 2.75) is 48.8 Å². The fraction of sp³-hybridized carbons (Fsp3) is 0.567. The molecule has 1 fully saturated rings. The Bertz CT molecular complexity index is 964. The zero-order valence-electron chi connectivity index (χ0n) is 23.1. The average molecular weight is 546 g/mol. The molecule has 0 N–H and O–H groups in total. The lowest BCUT2D eigenvalue weighted by Crippen LogP contribution is -2.35. The molecule has 2 aromatic rings. The fourth-order valence-electron chi connectivity index (χ4n) is 4.39. The summed E-state index contributed by atoms with van der Waals surface area (Å²) < 4.78 is 26.6. The number of hydrogen-bond donors (Lipinski definition) is 0. The molecule has 0 bridgehead atoms. The zero-order valence-corrected chi connectivity index (χ0v) is 23.9. The van der Waals surface area contributed by atoms with Gasteiger partial charge in [-0.05, 0) is 55.9 Å². The maximum atomic E-state index is 12.1. The summed E-state index contributed by atoms with van der Waals surface area (Å²) >= 11 is 1.86. The van der Waals surface area contributed by atoms with Crippen molar-refractivity contribution < 1.29 is 28.5 Å². The van der Waals surface area contributed by atoms with Crippen LogP contribution < -0.4 is 0 Å². The summed E-state index contributed by atoms with van der Waals surface area (Å²) in [6.07, 6.45) is 2.37. The van der Waals surface area contributed by atoms with E-state index in [2.05, 4.69) is 61.2 Å². The van der Waals surface area contributed by atoms with Crippen molar-refractivity contribution in [3.05, 3.63) is 59.2 Å². The molecule has 0 saturated carbocycles. The number of carbonyl (C=O) groups is 1. The Morgan fingerprint density at radius 3 is 2.21 bits per heavy atom. The normalized spacial score (nSPS) is 14.6. The van der Waals surface area contributed by atoms with E-state index in [-0.39, 0.29) is 12.4 Å². The van der Waals surface area contributed by atoms with Gasteiger partial charge in [-0.25, -0.2) is 0 Å². The van der Waals surface area contributed by atoms with Crippen LogP contribution in [0.15, 0.2) is 52.3 Å². The van der Waals surface area contributed by atoms with Gasteiger partial charge in [0.25, 0.3) is 0 Å². The second-order valence-corrected chi connectivity index (χ2v) is 10.6. The third-order valence-corrected chi connectivity index (χ3v) is 7.80. The van der Waals surface area contributed by atoms with Gasteiger partial charge in [-0.15, -0.1) is 0 Å². The van der Waals surface area contributed by atoms with Gasteiger partial charge in [0.2, 0.25) is 0 Å². The second kappa shape index (κ2) is 17.6. The van der Waals surface area contributed by atoms with Crippen molar-refractivity contribution in [3.63, 3.8) is 0 Å². The molecule has 210 valence electrons. The van der Waals surface area contributed by atoms with E-state index >= 15 is 0 Å². The van der Waals surface area contributed by atoms with E-state index < -0.39 is 0 Å². The summed E-state index contributed by atoms with van der Waals surface area (Å²) in [6.45, 7) is 9.96. The van der Waals surface area contributed by atoms with Crippen LogP contribution >= 0.6 is 11.8 Å². The summed E-state index contributed by atoms with van der Waals surface area (Å²) in [5.74, 6) is 0.291. The average Bonchev–Trinajstić information content (AvgIpc) is 2.93. The van der Waals surface area contributed by atoms with Crippen molar-refractivity contribution in [1.29, 1.82) is 0 Å². The number of aryl methyl sites for hydroxylation is 2. The number of nitrogens with zero attached hydrogens (tertiary/aromatic N) is 1. The molecule has 0 aromatic heterocycles. The van der Waals surface area contributed by atoms with Crippen LogP contribution in [0.4, 0.5) is 0 Å². The van der Waals surface area contributed by atoms with E-state index in [1.54, 1.807) is 7.11 Å². The standard InChI is InChI=1S/C30H43NO6S/c1-24-8-9-28(25(2)22-24)38-29-7-5-4-6-27(29)26-10-13-31(14-11-26)23-37-30(32)12-15-34-18-19-36-21-20-35-17-16-33-3/h4-9,22,26H,10-21,23H2,1-3H3. The molecule has 2 aromatic carbocycles. The molecule has 0 amide bonds. The number of rotatable bonds is 17. The number of methoxy groups -OCH3 is 1. The Morgan fingerprint density at radius 2 is 1.53 bits per heavy atom. The Hall–Kier alpha value is -1.94. The quantitative estimate of drug-likeness (QED) is 0.198. The van der Waals surface area contributed by atoms with Gasteiger partial charge < -0.3 is 23.7 Å². The van der Waals surface area contributed by atoms with Crippen molar-refractivity contribution in [1.82, 2.24) is 4.90 Å². The first-order chi connectivity index (χ1) is 18.6. The molecule has 0 unspecified atom stereocenters. The number of ether oxygens (including phenoxy) is 5. The third-order valence-electron chi connectivity index (χ3n) is 6.53. The number of benzene rings is 2. The maximum absolute atomic E-state index is 12.1. The van der Waals surface area contributed by atoms with E-state index in [1.165, 1.54) is 26.5 Å². The van der Waals surface area contributed by atoms with Crippen molar-refractivity contribution >= 4 is 17.7 Å². The minimum absolute atomic E-state index is 0.227. The van der Waals surface area contributed by atoms with Crippen LogP contribution in [0.5, 0.6) is 0 Å². The van der Waals surface area contributed by atoms with Crippen molar-refractivity contribution in [3.8, 4) is 0 Å². The van der Waals surface area contributed by atoms with E-state index in [0.717, 1.165) is 25.9 Å². The fourth-order valence-corrected chi connectivity index (χ4v) is 5.48. The Labute approximate surface area is 232 Å². The summed E-state index contributed by atoms with van der Waals surface area (Å²) in [5.41, 5.74) is 4.04. The number of likely N-dealkylation sites (tertiary alicyclic amines) is 1. The van der Waals surface area contributed by atoms with E-state index in [1.807, 2.05) is 11.8 Å². The Morgan fingerprint density at radius 1 is 0.868 bits per heavy atom. The van der Waals surface area contributed by atoms with Gasteiger partial charge in [-0.1, -0.05) is 47.7 Å². The van der Waals surface area contributed by atoms with E-state index in [4.69, 9.17) is 23.7 Å². The van der Waals surface area contributed by atoms with Crippen LogP contribution in [0.25, 0.3) is 0 Å². The molecule has 38 heavy (non-hydrogen) atoms. The lowest BCUT2D eigenvalue weighted by Gasteiger charge is -2.32. The van der Waals surface area contributed by atoms with Gasteiger partial charge in [0, 0.05) is 30.0 Å². The molecule has 0 spiro atoms. The van der Waals surface area contributed by atoms with Gasteiger partial charge in [0.15, 0.2) is 0 Å². The van der Waals surface area contributed by atoms with Gasteiger partial charge in [0.05, 0.1) is 52.7 Å². The number of carbonyl (C=O) groups excluding carboxylic acids is 1. The molecule has 7 nitrogen and oxygen atoms in total. The van der Waals surface area contributed by atoms with Gasteiger partial charge in [0.1, 0.15) is 6.73 Å². The first-order valence-electron chi connectivity index (χ1n) is 13.5. The van der Waals surface area contributed by atoms with Gasteiger partial charge >= 0.3 is 5.97 Å². The van der Waals surface area contributed by atoms with E-state index in [9.17, 15) is 4.79 Å². The highest BCUT2D eigenvalue weighted by Gasteiger charge is 2.23.